The highest BCUT2D eigenvalue weighted by atomic mass is 35.5. The van der Waals surface area contributed by atoms with Crippen molar-refractivity contribution in [2.45, 2.75) is 13.1 Å². The minimum Gasteiger partial charge on any atom is -0.476 e. The Balaban J connectivity index is 2.12. The van der Waals surface area contributed by atoms with Crippen molar-refractivity contribution >= 4 is 34.2 Å². The molecule has 30 heavy (non-hydrogen) atoms. The van der Waals surface area contributed by atoms with Crippen molar-refractivity contribution in [1.82, 2.24) is 19.7 Å². The summed E-state index contributed by atoms with van der Waals surface area (Å²) in [6, 6.07) is 13.4. The Morgan fingerprint density at radius 2 is 1.67 bits per heavy atom. The van der Waals surface area contributed by atoms with E-state index in [9.17, 15) is 13.2 Å². The molecule has 5 nitrogen and oxygen atoms in total. The summed E-state index contributed by atoms with van der Waals surface area (Å²) in [6.07, 6.45) is -4.76. The molecule has 0 radical (unpaired) electrons. The molecule has 10 heteroatoms. The number of benzene rings is 2. The fraction of sp³-hybridized carbons (Fsp3) is 0.150. The number of alkyl halides is 3. The zero-order chi connectivity index (χ0) is 21.5. The molecule has 0 aliphatic rings. The normalized spacial score (nSPS) is 11.8. The summed E-state index contributed by atoms with van der Waals surface area (Å²) in [5.41, 5.74) is 1.41. The minimum absolute atomic E-state index is 0.0111. The lowest BCUT2D eigenvalue weighted by Gasteiger charge is -2.10. The van der Waals surface area contributed by atoms with Crippen LogP contribution in [0.25, 0.3) is 28.0 Å². The Labute approximate surface area is 179 Å². The van der Waals surface area contributed by atoms with Crippen molar-refractivity contribution in [2.75, 3.05) is 6.61 Å². The van der Waals surface area contributed by atoms with Gasteiger partial charge in [-0.05, 0) is 31.2 Å². The van der Waals surface area contributed by atoms with E-state index in [1.165, 1.54) is 4.68 Å². The van der Waals surface area contributed by atoms with E-state index in [0.717, 1.165) is 0 Å². The molecule has 154 valence electrons. The first-order chi connectivity index (χ1) is 14.3. The molecular formula is C20H13Cl2F3N4O. The van der Waals surface area contributed by atoms with Gasteiger partial charge in [-0.2, -0.15) is 23.3 Å². The molecule has 0 saturated carbocycles. The van der Waals surface area contributed by atoms with Crippen LogP contribution in [-0.4, -0.2) is 26.4 Å². The van der Waals surface area contributed by atoms with Gasteiger partial charge in [0.2, 0.25) is 11.7 Å². The summed E-state index contributed by atoms with van der Waals surface area (Å²) < 4.78 is 47.2. The van der Waals surface area contributed by atoms with Crippen LogP contribution in [0.4, 0.5) is 13.2 Å². The molecule has 0 fully saturated rings. The molecular weight excluding hydrogens is 440 g/mol. The molecule has 2 heterocycles. The molecule has 2 aromatic carbocycles. The van der Waals surface area contributed by atoms with Crippen LogP contribution in [-0.2, 0) is 6.18 Å². The molecule has 0 amide bonds. The largest absolute Gasteiger partial charge is 0.476 e. The number of aromatic nitrogens is 4. The van der Waals surface area contributed by atoms with E-state index < -0.39 is 12.0 Å². The Kier molecular flexibility index (Phi) is 5.29. The maximum absolute atomic E-state index is 13.5. The van der Waals surface area contributed by atoms with Crippen LogP contribution in [0.2, 0.25) is 10.0 Å². The third-order valence-electron chi connectivity index (χ3n) is 4.22. The number of para-hydroxylation sites is 1. The number of halogens is 5. The molecule has 4 rings (SSSR count). The smallest absolute Gasteiger partial charge is 0.451 e. The van der Waals surface area contributed by atoms with E-state index in [0.29, 0.717) is 27.0 Å². The molecule has 4 aromatic rings. The fourth-order valence-electron chi connectivity index (χ4n) is 2.97. The van der Waals surface area contributed by atoms with Crippen LogP contribution in [0, 0.1) is 0 Å². The predicted molar refractivity (Wildman–Crippen MR) is 108 cm³/mol. The van der Waals surface area contributed by atoms with E-state index >= 15 is 0 Å². The third kappa shape index (κ3) is 3.68. The van der Waals surface area contributed by atoms with Crippen molar-refractivity contribution in [3.05, 3.63) is 64.4 Å². The van der Waals surface area contributed by atoms with Gasteiger partial charge in [-0.15, -0.1) is 0 Å². The van der Waals surface area contributed by atoms with Crippen LogP contribution < -0.4 is 4.74 Å². The first-order valence-corrected chi connectivity index (χ1v) is 9.56. The number of nitrogens with zero attached hydrogens (tertiary/aromatic N) is 4. The van der Waals surface area contributed by atoms with E-state index in [1.54, 1.807) is 55.5 Å². The van der Waals surface area contributed by atoms with E-state index in [4.69, 9.17) is 27.9 Å². The predicted octanol–water partition coefficient (Wildman–Crippen LogP) is 6.21. The van der Waals surface area contributed by atoms with Gasteiger partial charge in [-0.25, -0.2) is 9.67 Å². The molecule has 0 aliphatic heterocycles. The van der Waals surface area contributed by atoms with Crippen LogP contribution in [0.15, 0.2) is 48.5 Å². The highest BCUT2D eigenvalue weighted by Gasteiger charge is 2.37. The number of fused-ring (bicyclic) bond motifs is 1. The average Bonchev–Trinajstić information content (AvgIpc) is 3.08. The van der Waals surface area contributed by atoms with Gasteiger partial charge in [-0.3, -0.25) is 0 Å². The van der Waals surface area contributed by atoms with E-state index in [2.05, 4.69) is 15.1 Å². The van der Waals surface area contributed by atoms with Crippen LogP contribution >= 0.6 is 23.2 Å². The lowest BCUT2D eigenvalue weighted by atomic mass is 10.1. The van der Waals surface area contributed by atoms with Crippen LogP contribution in [0.3, 0.4) is 0 Å². The summed E-state index contributed by atoms with van der Waals surface area (Å²) >= 11 is 12.3. The lowest BCUT2D eigenvalue weighted by Crippen LogP contribution is -2.12. The summed E-state index contributed by atoms with van der Waals surface area (Å²) in [4.78, 5) is 7.34. The second kappa shape index (κ2) is 7.77. The Hall–Kier alpha value is -2.84. The van der Waals surface area contributed by atoms with Crippen molar-refractivity contribution in [2.24, 2.45) is 0 Å². The van der Waals surface area contributed by atoms with Crippen molar-refractivity contribution in [1.29, 1.82) is 0 Å². The second-order valence-corrected chi connectivity index (χ2v) is 7.04. The third-order valence-corrected chi connectivity index (χ3v) is 4.79. The van der Waals surface area contributed by atoms with Gasteiger partial charge in [0.15, 0.2) is 5.52 Å². The lowest BCUT2D eigenvalue weighted by molar-refractivity contribution is -0.145. The van der Waals surface area contributed by atoms with E-state index in [-0.39, 0.29) is 23.5 Å². The SMILES string of the molecule is CCOc1nc(C(F)(F)F)nc2c(-c3ccc(Cl)cc3)n(-c3ccccc3Cl)nc12. The molecule has 0 spiro atoms. The standard InChI is InChI=1S/C20H13Cl2F3N4O/c1-2-30-18-16-15(26-19(27-18)20(23,24)25)17(11-7-9-12(21)10-8-11)29(28-16)14-6-4-3-5-13(14)22/h3-10H,2H2,1H3. The summed E-state index contributed by atoms with van der Waals surface area (Å²) in [7, 11) is 0. The fourth-order valence-corrected chi connectivity index (χ4v) is 3.31. The van der Waals surface area contributed by atoms with Crippen molar-refractivity contribution < 1.29 is 17.9 Å². The number of rotatable bonds is 4. The molecule has 0 saturated heterocycles. The van der Waals surface area contributed by atoms with E-state index in [1.807, 2.05) is 0 Å². The van der Waals surface area contributed by atoms with Gasteiger partial charge in [0, 0.05) is 10.6 Å². The average molecular weight is 453 g/mol. The van der Waals surface area contributed by atoms with Gasteiger partial charge in [-0.1, -0.05) is 47.5 Å². The monoisotopic (exact) mass is 452 g/mol. The van der Waals surface area contributed by atoms with Crippen LogP contribution in [0.5, 0.6) is 5.88 Å². The first kappa shape index (κ1) is 20.4. The van der Waals surface area contributed by atoms with Crippen molar-refractivity contribution in [3.8, 4) is 22.8 Å². The Morgan fingerprint density at radius 3 is 2.30 bits per heavy atom. The zero-order valence-electron chi connectivity index (χ0n) is 15.4. The highest BCUT2D eigenvalue weighted by Crippen LogP contribution is 2.38. The first-order valence-electron chi connectivity index (χ1n) is 8.81. The molecule has 0 bridgehead atoms. The van der Waals surface area contributed by atoms with Crippen LogP contribution in [0.1, 0.15) is 12.7 Å². The number of hydrogen-bond acceptors (Lipinski definition) is 4. The Bertz CT molecular complexity index is 1220. The molecule has 0 atom stereocenters. The summed E-state index contributed by atoms with van der Waals surface area (Å²) in [5.74, 6) is -1.57. The number of hydrogen-bond donors (Lipinski definition) is 0. The Morgan fingerprint density at radius 1 is 0.967 bits per heavy atom. The molecule has 0 unspecified atom stereocenters. The van der Waals surface area contributed by atoms with Gasteiger partial charge in [0.25, 0.3) is 0 Å². The maximum Gasteiger partial charge on any atom is 0.451 e. The minimum atomic E-state index is -4.76. The molecule has 0 aliphatic carbocycles. The second-order valence-electron chi connectivity index (χ2n) is 6.20. The molecule has 2 aromatic heterocycles. The maximum atomic E-state index is 13.5. The topological polar surface area (TPSA) is 52.8 Å². The summed E-state index contributed by atoms with van der Waals surface area (Å²) in [6.45, 7) is 1.75. The van der Waals surface area contributed by atoms with Gasteiger partial charge in [0.1, 0.15) is 11.2 Å². The van der Waals surface area contributed by atoms with Gasteiger partial charge >= 0.3 is 6.18 Å². The quantitative estimate of drug-likeness (QED) is 0.369. The number of ether oxygens (including phenoxy) is 1. The van der Waals surface area contributed by atoms with Gasteiger partial charge < -0.3 is 4.74 Å². The molecule has 0 N–H and O–H groups in total. The zero-order valence-corrected chi connectivity index (χ0v) is 16.9. The van der Waals surface area contributed by atoms with Gasteiger partial charge in [0.05, 0.1) is 17.3 Å². The summed E-state index contributed by atoms with van der Waals surface area (Å²) in [5, 5.41) is 5.31. The highest BCUT2D eigenvalue weighted by molar-refractivity contribution is 6.32. The van der Waals surface area contributed by atoms with Crippen molar-refractivity contribution in [3.63, 3.8) is 0 Å².